The highest BCUT2D eigenvalue weighted by Crippen LogP contribution is 2.30. The van der Waals surface area contributed by atoms with Gasteiger partial charge in [0.2, 0.25) is 0 Å². The molecule has 2 aromatic rings. The number of aryl methyl sites for hydroxylation is 1. The molecule has 0 aliphatic carbocycles. The van der Waals surface area contributed by atoms with E-state index in [4.69, 9.17) is 10.5 Å². The second-order valence-corrected chi connectivity index (χ2v) is 4.69. The third kappa shape index (κ3) is 2.04. The summed E-state index contributed by atoms with van der Waals surface area (Å²) in [6.45, 7) is 1.94. The summed E-state index contributed by atoms with van der Waals surface area (Å²) in [7, 11) is 0. The first kappa shape index (κ1) is 11.7. The highest BCUT2D eigenvalue weighted by Gasteiger charge is 2.14. The Kier molecular flexibility index (Phi) is 3.16. The maximum Gasteiger partial charge on any atom is 0.103 e. The zero-order valence-electron chi connectivity index (χ0n) is 9.08. The maximum atomic E-state index is 9.15. The van der Waals surface area contributed by atoms with E-state index in [2.05, 4.69) is 39.7 Å². The molecule has 82 valence electrons. The van der Waals surface area contributed by atoms with Crippen molar-refractivity contribution >= 4 is 22.6 Å². The van der Waals surface area contributed by atoms with Gasteiger partial charge in [-0.2, -0.15) is 10.5 Å². The van der Waals surface area contributed by atoms with Gasteiger partial charge >= 0.3 is 0 Å². The number of halogens is 1. The lowest BCUT2D eigenvalue weighted by atomic mass is 10.0. The van der Waals surface area contributed by atoms with E-state index >= 15 is 0 Å². The fourth-order valence-corrected chi connectivity index (χ4v) is 2.56. The van der Waals surface area contributed by atoms with E-state index in [0.717, 1.165) is 20.5 Å². The lowest BCUT2D eigenvalue weighted by molar-refractivity contribution is 1.23. The van der Waals surface area contributed by atoms with Crippen LogP contribution in [0.5, 0.6) is 0 Å². The minimum Gasteiger partial charge on any atom is -0.352 e. The maximum absolute atomic E-state index is 9.15. The average molecular weight is 333 g/mol. The Labute approximate surface area is 113 Å². The lowest BCUT2D eigenvalue weighted by Gasteiger charge is -2.01. The van der Waals surface area contributed by atoms with Crippen molar-refractivity contribution in [1.82, 2.24) is 4.98 Å². The Hall–Kier alpha value is -1.79. The third-order valence-corrected chi connectivity index (χ3v) is 3.37. The first-order valence-corrected chi connectivity index (χ1v) is 6.04. The number of nitrogens with one attached hydrogen (secondary N) is 1. The van der Waals surface area contributed by atoms with E-state index in [1.54, 1.807) is 12.1 Å². The molecule has 0 aliphatic heterocycles. The molecule has 3 nitrogen and oxygen atoms in total. The van der Waals surface area contributed by atoms with Crippen LogP contribution in [0.2, 0.25) is 0 Å². The van der Waals surface area contributed by atoms with Gasteiger partial charge < -0.3 is 4.98 Å². The molecule has 0 fully saturated rings. The van der Waals surface area contributed by atoms with E-state index in [1.165, 1.54) is 0 Å². The largest absolute Gasteiger partial charge is 0.352 e. The summed E-state index contributed by atoms with van der Waals surface area (Å²) < 4.78 is 0.849. The molecular weight excluding hydrogens is 325 g/mol. The summed E-state index contributed by atoms with van der Waals surface area (Å²) in [4.78, 5) is 3.15. The number of aromatic amines is 1. The van der Waals surface area contributed by atoms with Crippen LogP contribution in [-0.2, 0) is 0 Å². The Morgan fingerprint density at radius 2 is 1.76 bits per heavy atom. The third-order valence-electron chi connectivity index (χ3n) is 2.56. The molecule has 2 rings (SSSR count). The van der Waals surface area contributed by atoms with Gasteiger partial charge in [0, 0.05) is 11.3 Å². The van der Waals surface area contributed by atoms with Gasteiger partial charge in [0.1, 0.15) is 6.07 Å². The summed E-state index contributed by atoms with van der Waals surface area (Å²) in [6, 6.07) is 11.5. The minimum absolute atomic E-state index is 0.621. The van der Waals surface area contributed by atoms with Gasteiger partial charge in [0.25, 0.3) is 0 Å². The van der Waals surface area contributed by atoms with Crippen molar-refractivity contribution in [2.45, 2.75) is 6.92 Å². The fraction of sp³-hybridized carbons (Fsp3) is 0.0769. The number of hydrogen-bond donors (Lipinski definition) is 1. The fourth-order valence-electron chi connectivity index (χ4n) is 1.76. The molecule has 17 heavy (non-hydrogen) atoms. The molecule has 4 heteroatoms. The van der Waals surface area contributed by atoms with Crippen molar-refractivity contribution in [2.75, 3.05) is 0 Å². The topological polar surface area (TPSA) is 63.4 Å². The Bertz CT molecular complexity index is 639. The van der Waals surface area contributed by atoms with Crippen molar-refractivity contribution in [3.63, 3.8) is 0 Å². The van der Waals surface area contributed by atoms with Crippen LogP contribution in [0, 0.1) is 33.3 Å². The molecule has 1 aromatic carbocycles. The van der Waals surface area contributed by atoms with E-state index in [-0.39, 0.29) is 0 Å². The number of aromatic nitrogens is 1. The molecule has 1 N–H and O–H groups in total. The van der Waals surface area contributed by atoms with Gasteiger partial charge in [-0.15, -0.1) is 0 Å². The van der Waals surface area contributed by atoms with Crippen LogP contribution in [0.15, 0.2) is 24.3 Å². The van der Waals surface area contributed by atoms with Crippen LogP contribution in [0.25, 0.3) is 11.1 Å². The predicted octanol–water partition coefficient (Wildman–Crippen LogP) is 3.34. The first-order valence-electron chi connectivity index (χ1n) is 4.96. The normalized spacial score (nSPS) is 9.65. The molecule has 0 bridgehead atoms. The molecule has 0 atom stereocenters. The van der Waals surface area contributed by atoms with Gasteiger partial charge in [0.15, 0.2) is 0 Å². The van der Waals surface area contributed by atoms with Crippen molar-refractivity contribution in [3.8, 4) is 23.3 Å². The number of hydrogen-bond acceptors (Lipinski definition) is 2. The van der Waals surface area contributed by atoms with Crippen molar-refractivity contribution < 1.29 is 0 Å². The smallest absolute Gasteiger partial charge is 0.103 e. The minimum atomic E-state index is 0.621. The highest BCUT2D eigenvalue weighted by atomic mass is 127. The Morgan fingerprint density at radius 1 is 1.12 bits per heavy atom. The summed E-state index contributed by atoms with van der Waals surface area (Å²) in [5, 5.41) is 17.9. The number of nitrogens with zero attached hydrogens (tertiary/aromatic N) is 2. The first-order chi connectivity index (χ1) is 8.17. The second kappa shape index (κ2) is 4.60. The molecular formula is C13H8IN3. The second-order valence-electron chi connectivity index (χ2n) is 3.61. The SMILES string of the molecule is Cc1[nH]c(I)c(C#N)c1-c1ccc(C#N)cc1. The standard InChI is InChI=1S/C13H8IN3/c1-8-12(11(7-16)13(14)17-8)10-4-2-9(6-15)3-5-10/h2-5,17H,1H3. The number of H-pyrrole nitrogens is 1. The Morgan fingerprint density at radius 3 is 2.29 bits per heavy atom. The van der Waals surface area contributed by atoms with Gasteiger partial charge in [-0.25, -0.2) is 0 Å². The molecule has 1 heterocycles. The number of benzene rings is 1. The van der Waals surface area contributed by atoms with Gasteiger partial charge in [0.05, 0.1) is 20.9 Å². The highest BCUT2D eigenvalue weighted by molar-refractivity contribution is 14.1. The number of rotatable bonds is 1. The Balaban J connectivity index is 2.61. The van der Waals surface area contributed by atoms with E-state index in [9.17, 15) is 0 Å². The van der Waals surface area contributed by atoms with Crippen LogP contribution >= 0.6 is 22.6 Å². The van der Waals surface area contributed by atoms with E-state index < -0.39 is 0 Å². The quantitative estimate of drug-likeness (QED) is 0.814. The van der Waals surface area contributed by atoms with Crippen LogP contribution < -0.4 is 0 Å². The number of nitriles is 2. The van der Waals surface area contributed by atoms with Crippen molar-refractivity contribution in [1.29, 1.82) is 10.5 Å². The van der Waals surface area contributed by atoms with Gasteiger partial charge in [-0.1, -0.05) is 12.1 Å². The molecule has 0 saturated heterocycles. The summed E-state index contributed by atoms with van der Waals surface area (Å²) in [5.41, 5.74) is 4.12. The lowest BCUT2D eigenvalue weighted by Crippen LogP contribution is -1.83. The van der Waals surface area contributed by atoms with Crippen LogP contribution in [0.4, 0.5) is 0 Å². The average Bonchev–Trinajstić information content (AvgIpc) is 2.63. The molecule has 0 saturated carbocycles. The van der Waals surface area contributed by atoms with E-state index in [1.807, 2.05) is 19.1 Å². The van der Waals surface area contributed by atoms with Crippen LogP contribution in [0.1, 0.15) is 16.8 Å². The molecule has 1 aromatic heterocycles. The molecule has 0 unspecified atom stereocenters. The summed E-state index contributed by atoms with van der Waals surface area (Å²) >= 11 is 2.12. The van der Waals surface area contributed by atoms with E-state index in [0.29, 0.717) is 11.1 Å². The van der Waals surface area contributed by atoms with Crippen LogP contribution in [0.3, 0.4) is 0 Å². The zero-order chi connectivity index (χ0) is 12.4. The van der Waals surface area contributed by atoms with Crippen molar-refractivity contribution in [2.24, 2.45) is 0 Å². The zero-order valence-corrected chi connectivity index (χ0v) is 11.2. The van der Waals surface area contributed by atoms with Crippen molar-refractivity contribution in [3.05, 3.63) is 44.8 Å². The monoisotopic (exact) mass is 333 g/mol. The van der Waals surface area contributed by atoms with Gasteiger partial charge in [-0.3, -0.25) is 0 Å². The molecule has 0 aliphatic rings. The molecule has 0 spiro atoms. The molecule has 0 amide bonds. The molecule has 0 radical (unpaired) electrons. The summed E-state index contributed by atoms with van der Waals surface area (Å²) in [5.74, 6) is 0. The van der Waals surface area contributed by atoms with Gasteiger partial charge in [-0.05, 0) is 47.2 Å². The van der Waals surface area contributed by atoms with Crippen LogP contribution in [-0.4, -0.2) is 4.98 Å². The predicted molar refractivity (Wildman–Crippen MR) is 73.1 cm³/mol. The summed E-state index contributed by atoms with van der Waals surface area (Å²) in [6.07, 6.45) is 0.